The molecule has 5 aromatic rings. The molecule has 2 aliphatic heterocycles. The number of benzene rings is 2. The quantitative estimate of drug-likeness (QED) is 0.0804. The Morgan fingerprint density at radius 2 is 1.67 bits per heavy atom. The summed E-state index contributed by atoms with van der Waals surface area (Å²) >= 11 is 1.44. The van der Waals surface area contributed by atoms with Crippen molar-refractivity contribution in [3.8, 4) is 11.1 Å². The van der Waals surface area contributed by atoms with Gasteiger partial charge in [0, 0.05) is 67.7 Å². The molecule has 1 saturated heterocycles. The summed E-state index contributed by atoms with van der Waals surface area (Å²) in [7, 11) is 0. The number of amides is 1. The van der Waals surface area contributed by atoms with Crippen molar-refractivity contribution in [3.63, 3.8) is 0 Å². The van der Waals surface area contributed by atoms with Gasteiger partial charge in [0.15, 0.2) is 10.8 Å². The Labute approximate surface area is 377 Å². The topological polar surface area (TPSA) is 175 Å². The van der Waals surface area contributed by atoms with Crippen LogP contribution in [0.4, 0.5) is 10.9 Å². The van der Waals surface area contributed by atoms with Crippen molar-refractivity contribution < 1.29 is 29.3 Å². The molecule has 5 fully saturated rings. The average Bonchev–Trinajstić information content (AvgIpc) is 3.82. The number of ether oxygens (including phenoxy) is 1. The van der Waals surface area contributed by atoms with Crippen LogP contribution >= 0.6 is 11.3 Å². The molecule has 2 aromatic carbocycles. The summed E-state index contributed by atoms with van der Waals surface area (Å²) in [5.41, 5.74) is 5.76. The Morgan fingerprint density at radius 3 is 2.42 bits per heavy atom. The zero-order valence-electron chi connectivity index (χ0n) is 37.0. The Balaban J connectivity index is 0.833. The van der Waals surface area contributed by atoms with Crippen LogP contribution in [0.3, 0.4) is 0 Å². The summed E-state index contributed by atoms with van der Waals surface area (Å²) in [6.45, 7) is 11.9. The smallest absolute Gasteiger partial charge is 0.355 e. The van der Waals surface area contributed by atoms with Crippen LogP contribution in [0.25, 0.3) is 21.3 Å². The average molecular weight is 887 g/mol. The van der Waals surface area contributed by atoms with Crippen molar-refractivity contribution >= 4 is 50.3 Å². The highest BCUT2D eigenvalue weighted by Crippen LogP contribution is 2.72. The van der Waals surface area contributed by atoms with Crippen LogP contribution in [0.2, 0.25) is 0 Å². The monoisotopic (exact) mass is 886 g/mol. The van der Waals surface area contributed by atoms with Gasteiger partial charge in [-0.25, -0.2) is 14.8 Å². The molecule has 4 N–H and O–H groups in total. The normalized spacial score (nSPS) is 26.6. The second kappa shape index (κ2) is 16.3. The second-order valence-corrected chi connectivity index (χ2v) is 21.4. The van der Waals surface area contributed by atoms with Crippen molar-refractivity contribution in [2.24, 2.45) is 16.2 Å². The van der Waals surface area contributed by atoms with Gasteiger partial charge in [-0.1, -0.05) is 49.4 Å². The van der Waals surface area contributed by atoms with Crippen LogP contribution < -0.4 is 15.5 Å². The number of carboxylic acids is 2. The van der Waals surface area contributed by atoms with E-state index in [1.54, 1.807) is 6.20 Å². The Bertz CT molecular complexity index is 2580. The number of likely N-dealkylation sites (tertiary alicyclic amines) is 1. The number of hydrogen-bond donors (Lipinski definition) is 4. The molecule has 1 amide bonds. The maximum atomic E-state index is 13.7. The van der Waals surface area contributed by atoms with Crippen LogP contribution in [-0.4, -0.2) is 104 Å². The van der Waals surface area contributed by atoms with Gasteiger partial charge in [0.05, 0.1) is 35.2 Å². The summed E-state index contributed by atoms with van der Waals surface area (Å²) in [4.78, 5) is 51.2. The number of piperidine rings is 1. The van der Waals surface area contributed by atoms with Gasteiger partial charge in [-0.3, -0.25) is 24.5 Å². The Hall–Kier alpha value is -5.22. The number of carbonyl (C=O) groups is 3. The molecule has 6 aliphatic rings. The molecule has 64 heavy (non-hydrogen) atoms. The minimum atomic E-state index is -1.10. The van der Waals surface area contributed by atoms with E-state index in [0.717, 1.165) is 104 Å². The van der Waals surface area contributed by atoms with E-state index >= 15 is 0 Å². The summed E-state index contributed by atoms with van der Waals surface area (Å²) < 4.78 is 10.1. The number of thiazole rings is 1. The number of aromatic nitrogens is 4. The summed E-state index contributed by atoms with van der Waals surface area (Å²) in [5.74, 6) is -1.54. The molecule has 15 heteroatoms. The molecule has 5 heterocycles. The molecule has 2 unspecified atom stereocenters. The summed E-state index contributed by atoms with van der Waals surface area (Å²) in [5, 5.41) is 32.0. The van der Waals surface area contributed by atoms with E-state index in [4.69, 9.17) is 19.9 Å². The van der Waals surface area contributed by atoms with Gasteiger partial charge in [-0.15, -0.1) is 0 Å². The van der Waals surface area contributed by atoms with Crippen molar-refractivity contribution in [2.75, 3.05) is 49.5 Å². The number of aliphatic carboxylic acids is 1. The van der Waals surface area contributed by atoms with E-state index in [1.165, 1.54) is 17.8 Å². The van der Waals surface area contributed by atoms with Gasteiger partial charge in [-0.2, -0.15) is 5.10 Å². The number of nitrogens with one attached hydrogen (secondary N) is 2. The SMILES string of the molecule is Cc1c(-c2ccc(N3CCc4cccc(C(=O)Nc5nc6ccccc6s5)c4C3)nc2C(=O)O)cnn1CC12CC3(C)CC(C)(C1)CC(OCCNC1CCN(CC(=O)O)CC1)(C3)C2. The molecule has 0 spiro atoms. The number of pyridine rings is 1. The molecule has 4 saturated carbocycles. The molecule has 14 nitrogen and oxygen atoms in total. The first-order valence-electron chi connectivity index (χ1n) is 22.8. The number of fused-ring (bicyclic) bond motifs is 2. The van der Waals surface area contributed by atoms with E-state index in [0.29, 0.717) is 54.2 Å². The first-order chi connectivity index (χ1) is 30.7. The Morgan fingerprint density at radius 1 is 0.891 bits per heavy atom. The van der Waals surface area contributed by atoms with Gasteiger partial charge in [-0.05, 0) is 122 Å². The third-order valence-corrected chi connectivity index (χ3v) is 15.8. The number of aromatic carboxylic acids is 1. The highest BCUT2D eigenvalue weighted by Gasteiger charge is 2.66. The van der Waals surface area contributed by atoms with E-state index in [9.17, 15) is 19.5 Å². The van der Waals surface area contributed by atoms with Crippen LogP contribution in [-0.2, 0) is 29.0 Å². The molecular formula is C49H58N8O6S. The molecule has 4 aliphatic carbocycles. The second-order valence-electron chi connectivity index (χ2n) is 20.3. The first kappa shape index (κ1) is 42.7. The fourth-order valence-electron chi connectivity index (χ4n) is 13.4. The number of carboxylic acid groups (broad SMARTS) is 2. The maximum Gasteiger partial charge on any atom is 0.355 e. The van der Waals surface area contributed by atoms with Crippen LogP contribution in [0, 0.1) is 23.2 Å². The number of carbonyl (C=O) groups excluding carboxylic acids is 1. The third-order valence-electron chi connectivity index (χ3n) is 14.9. The highest BCUT2D eigenvalue weighted by molar-refractivity contribution is 7.22. The summed E-state index contributed by atoms with van der Waals surface area (Å²) in [6.07, 6.45) is 10.9. The molecule has 11 rings (SSSR count). The van der Waals surface area contributed by atoms with E-state index < -0.39 is 11.9 Å². The van der Waals surface area contributed by atoms with Crippen LogP contribution in [0.15, 0.2) is 60.8 Å². The number of hydrogen-bond acceptors (Lipinski definition) is 11. The van der Waals surface area contributed by atoms with Crippen LogP contribution in [0.1, 0.15) is 103 Å². The van der Waals surface area contributed by atoms with Gasteiger partial charge in [0.2, 0.25) is 0 Å². The molecule has 4 bridgehead atoms. The minimum absolute atomic E-state index is 0.00311. The molecule has 3 aromatic heterocycles. The molecule has 2 atom stereocenters. The fourth-order valence-corrected chi connectivity index (χ4v) is 14.3. The largest absolute Gasteiger partial charge is 0.480 e. The predicted molar refractivity (Wildman–Crippen MR) is 246 cm³/mol. The Kier molecular flexibility index (Phi) is 10.9. The lowest BCUT2D eigenvalue weighted by molar-refractivity contribution is -0.247. The number of nitrogens with zero attached hydrogens (tertiary/aromatic N) is 6. The van der Waals surface area contributed by atoms with Crippen molar-refractivity contribution in [2.45, 2.75) is 103 Å². The van der Waals surface area contributed by atoms with E-state index in [2.05, 4.69) is 45.1 Å². The number of para-hydroxylation sites is 1. The van der Waals surface area contributed by atoms with Crippen molar-refractivity contribution in [3.05, 3.63) is 88.9 Å². The third kappa shape index (κ3) is 8.31. The van der Waals surface area contributed by atoms with Gasteiger partial charge in [0.1, 0.15) is 5.82 Å². The van der Waals surface area contributed by atoms with Crippen LogP contribution in [0.5, 0.6) is 0 Å². The first-order valence-corrected chi connectivity index (χ1v) is 23.6. The lowest BCUT2D eigenvalue weighted by atomic mass is 9.39. The molecular weight excluding hydrogens is 829 g/mol. The van der Waals surface area contributed by atoms with Crippen molar-refractivity contribution in [1.82, 2.24) is 30.0 Å². The van der Waals surface area contributed by atoms with Gasteiger partial charge in [0.25, 0.3) is 5.91 Å². The van der Waals surface area contributed by atoms with Gasteiger partial charge >= 0.3 is 11.9 Å². The number of anilines is 2. The van der Waals surface area contributed by atoms with Crippen molar-refractivity contribution in [1.29, 1.82) is 0 Å². The van der Waals surface area contributed by atoms with Gasteiger partial charge < -0.3 is 25.2 Å². The summed E-state index contributed by atoms with van der Waals surface area (Å²) in [6, 6.07) is 17.7. The zero-order valence-corrected chi connectivity index (χ0v) is 37.8. The fraction of sp³-hybridized carbons (Fsp3) is 0.510. The maximum absolute atomic E-state index is 13.7. The lowest BCUT2D eigenvalue weighted by Crippen LogP contribution is -2.64. The zero-order chi connectivity index (χ0) is 44.4. The molecule has 0 radical (unpaired) electrons. The lowest BCUT2D eigenvalue weighted by Gasteiger charge is -2.69. The van der Waals surface area contributed by atoms with E-state index in [-0.39, 0.29) is 40.0 Å². The molecule has 336 valence electrons. The standard InChI is InChI=1S/C49H58N8O6S/c1-31-36(21-51-57(31)30-48-25-46(2)24-47(3,26-48)28-49(27-46,29-48)63-20-16-50-33-14-17-55(18-15-33)23-41(58)59)34-11-12-40(53-42(34)44(61)62)56-19-13-32-7-6-8-35(37(32)22-56)43(60)54-45-52-38-9-4-5-10-39(38)64-45/h4-12,21,33,50H,13-20,22-30H2,1-3H3,(H,58,59)(H,61,62)(H,52,54,60). The number of rotatable bonds is 14. The predicted octanol–water partition coefficient (Wildman–Crippen LogP) is 7.65. The minimum Gasteiger partial charge on any atom is -0.480 e. The highest BCUT2D eigenvalue weighted by atomic mass is 32.1. The van der Waals surface area contributed by atoms with E-state index in [1.807, 2.05) is 60.4 Å².